The molecule has 0 aromatic heterocycles. The molecule has 2 fully saturated rings. The largest absolute Gasteiger partial charge is 0.383 e. The Morgan fingerprint density at radius 3 is 2.93 bits per heavy atom. The van der Waals surface area contributed by atoms with Gasteiger partial charge in [-0.2, -0.15) is 11.8 Å². The SMILES string of the molecule is COCC(NC1CSC1)C1CCCO1. The number of hydrogen-bond donors (Lipinski definition) is 1. The lowest BCUT2D eigenvalue weighted by molar-refractivity contribution is 0.0405. The average molecular weight is 217 g/mol. The second-order valence-corrected chi connectivity index (χ2v) is 5.09. The molecular formula is C10H19NO2S. The minimum absolute atomic E-state index is 0.376. The van der Waals surface area contributed by atoms with Crippen LogP contribution in [-0.2, 0) is 9.47 Å². The third kappa shape index (κ3) is 2.63. The molecule has 4 heteroatoms. The van der Waals surface area contributed by atoms with Crippen LogP contribution in [-0.4, -0.2) is 50.0 Å². The molecule has 0 aliphatic carbocycles. The van der Waals surface area contributed by atoms with Crippen LogP contribution in [0.5, 0.6) is 0 Å². The lowest BCUT2D eigenvalue weighted by Crippen LogP contribution is -2.52. The molecule has 82 valence electrons. The summed E-state index contributed by atoms with van der Waals surface area (Å²) < 4.78 is 10.9. The van der Waals surface area contributed by atoms with Crippen molar-refractivity contribution in [3.05, 3.63) is 0 Å². The lowest BCUT2D eigenvalue weighted by atomic mass is 10.1. The van der Waals surface area contributed by atoms with Gasteiger partial charge in [-0.15, -0.1) is 0 Å². The summed E-state index contributed by atoms with van der Waals surface area (Å²) in [5, 5.41) is 3.63. The highest BCUT2D eigenvalue weighted by Gasteiger charge is 2.29. The van der Waals surface area contributed by atoms with Crippen molar-refractivity contribution in [3.63, 3.8) is 0 Å². The third-order valence-electron chi connectivity index (χ3n) is 2.85. The molecule has 3 nitrogen and oxygen atoms in total. The molecule has 2 heterocycles. The van der Waals surface area contributed by atoms with Crippen molar-refractivity contribution in [1.82, 2.24) is 5.32 Å². The van der Waals surface area contributed by atoms with E-state index in [4.69, 9.17) is 9.47 Å². The maximum atomic E-state index is 5.69. The van der Waals surface area contributed by atoms with Gasteiger partial charge in [0.25, 0.3) is 0 Å². The Bertz CT molecular complexity index is 170. The van der Waals surface area contributed by atoms with Gasteiger partial charge in [0.15, 0.2) is 0 Å². The zero-order valence-electron chi connectivity index (χ0n) is 8.70. The fourth-order valence-corrected chi connectivity index (χ4v) is 2.66. The van der Waals surface area contributed by atoms with E-state index in [0.29, 0.717) is 18.2 Å². The fraction of sp³-hybridized carbons (Fsp3) is 1.00. The molecule has 1 N–H and O–H groups in total. The summed E-state index contributed by atoms with van der Waals surface area (Å²) in [4.78, 5) is 0. The maximum Gasteiger partial charge on any atom is 0.0751 e. The van der Waals surface area contributed by atoms with Gasteiger partial charge in [0.2, 0.25) is 0 Å². The molecule has 2 aliphatic rings. The first-order valence-electron chi connectivity index (χ1n) is 5.34. The van der Waals surface area contributed by atoms with E-state index in [1.165, 1.54) is 24.3 Å². The van der Waals surface area contributed by atoms with E-state index in [2.05, 4.69) is 5.32 Å². The normalized spacial score (nSPS) is 30.2. The maximum absolute atomic E-state index is 5.69. The van der Waals surface area contributed by atoms with Crippen molar-refractivity contribution in [2.75, 3.05) is 31.8 Å². The summed E-state index contributed by atoms with van der Waals surface area (Å²) >= 11 is 2.00. The lowest BCUT2D eigenvalue weighted by Gasteiger charge is -2.33. The molecule has 0 saturated carbocycles. The van der Waals surface area contributed by atoms with Gasteiger partial charge >= 0.3 is 0 Å². The van der Waals surface area contributed by atoms with Gasteiger partial charge in [-0.25, -0.2) is 0 Å². The summed E-state index contributed by atoms with van der Waals surface area (Å²) in [6.07, 6.45) is 2.76. The Labute approximate surface area is 89.9 Å². The highest BCUT2D eigenvalue weighted by atomic mass is 32.2. The molecule has 0 aromatic rings. The molecular weight excluding hydrogens is 198 g/mol. The molecule has 0 spiro atoms. The van der Waals surface area contributed by atoms with Crippen LogP contribution in [0.4, 0.5) is 0 Å². The fourth-order valence-electron chi connectivity index (χ4n) is 2.00. The number of nitrogens with one attached hydrogen (secondary N) is 1. The quantitative estimate of drug-likeness (QED) is 0.741. The number of ether oxygens (including phenoxy) is 2. The van der Waals surface area contributed by atoms with Crippen LogP contribution in [0.25, 0.3) is 0 Å². The van der Waals surface area contributed by atoms with Gasteiger partial charge in [-0.1, -0.05) is 0 Å². The predicted octanol–water partition coefficient (Wildman–Crippen LogP) is 0.885. The first-order valence-corrected chi connectivity index (χ1v) is 6.50. The molecule has 2 unspecified atom stereocenters. The van der Waals surface area contributed by atoms with E-state index in [1.54, 1.807) is 7.11 Å². The van der Waals surface area contributed by atoms with Crippen LogP contribution >= 0.6 is 11.8 Å². The van der Waals surface area contributed by atoms with Gasteiger partial charge in [0.1, 0.15) is 0 Å². The van der Waals surface area contributed by atoms with E-state index < -0.39 is 0 Å². The number of methoxy groups -OCH3 is 1. The predicted molar refractivity (Wildman–Crippen MR) is 58.9 cm³/mol. The summed E-state index contributed by atoms with van der Waals surface area (Å²) in [6, 6.07) is 1.08. The number of thioether (sulfide) groups is 1. The Morgan fingerprint density at radius 1 is 1.57 bits per heavy atom. The number of hydrogen-bond acceptors (Lipinski definition) is 4. The monoisotopic (exact) mass is 217 g/mol. The molecule has 0 bridgehead atoms. The molecule has 0 aromatic carbocycles. The van der Waals surface area contributed by atoms with Crippen molar-refractivity contribution in [3.8, 4) is 0 Å². The smallest absolute Gasteiger partial charge is 0.0751 e. The standard InChI is InChI=1S/C10H19NO2S/c1-12-5-9(10-3-2-4-13-10)11-8-6-14-7-8/h8-11H,2-7H2,1H3. The van der Waals surface area contributed by atoms with Crippen molar-refractivity contribution >= 4 is 11.8 Å². The van der Waals surface area contributed by atoms with Crippen LogP contribution < -0.4 is 5.32 Å². The van der Waals surface area contributed by atoms with Crippen molar-refractivity contribution in [1.29, 1.82) is 0 Å². The minimum atomic E-state index is 0.376. The van der Waals surface area contributed by atoms with E-state index in [-0.39, 0.29) is 0 Å². The summed E-state index contributed by atoms with van der Waals surface area (Å²) in [5.41, 5.74) is 0. The van der Waals surface area contributed by atoms with Crippen LogP contribution in [0.2, 0.25) is 0 Å². The Morgan fingerprint density at radius 2 is 2.43 bits per heavy atom. The van der Waals surface area contributed by atoms with Crippen LogP contribution in [0.15, 0.2) is 0 Å². The van der Waals surface area contributed by atoms with Crippen molar-refractivity contribution < 1.29 is 9.47 Å². The molecule has 2 rings (SSSR count). The molecule has 0 amide bonds. The zero-order chi connectivity index (χ0) is 9.80. The summed E-state index contributed by atoms with van der Waals surface area (Å²) in [7, 11) is 1.76. The Hall–Kier alpha value is 0.230. The number of rotatable bonds is 5. The first-order chi connectivity index (χ1) is 6.90. The topological polar surface area (TPSA) is 30.5 Å². The van der Waals surface area contributed by atoms with Gasteiger partial charge < -0.3 is 14.8 Å². The second kappa shape index (κ2) is 5.35. The third-order valence-corrected chi connectivity index (χ3v) is 4.12. The van der Waals surface area contributed by atoms with Gasteiger partial charge in [0.05, 0.1) is 18.8 Å². The molecule has 2 saturated heterocycles. The Balaban J connectivity index is 1.78. The molecule has 14 heavy (non-hydrogen) atoms. The van der Waals surface area contributed by atoms with Gasteiger partial charge in [-0.05, 0) is 12.8 Å². The average Bonchev–Trinajstić information content (AvgIpc) is 2.61. The van der Waals surface area contributed by atoms with E-state index >= 15 is 0 Å². The van der Waals surface area contributed by atoms with Crippen LogP contribution in [0.3, 0.4) is 0 Å². The Kier molecular flexibility index (Phi) is 4.10. The van der Waals surface area contributed by atoms with E-state index in [0.717, 1.165) is 13.2 Å². The molecule has 0 radical (unpaired) electrons. The second-order valence-electron chi connectivity index (χ2n) is 4.01. The highest BCUT2D eigenvalue weighted by molar-refractivity contribution is 8.00. The summed E-state index contributed by atoms with van der Waals surface area (Å²) in [5.74, 6) is 2.49. The van der Waals surface area contributed by atoms with E-state index in [9.17, 15) is 0 Å². The van der Waals surface area contributed by atoms with Crippen LogP contribution in [0, 0.1) is 0 Å². The minimum Gasteiger partial charge on any atom is -0.383 e. The van der Waals surface area contributed by atoms with E-state index in [1.807, 2.05) is 11.8 Å². The van der Waals surface area contributed by atoms with Crippen molar-refractivity contribution in [2.45, 2.75) is 31.0 Å². The van der Waals surface area contributed by atoms with Gasteiger partial charge in [-0.3, -0.25) is 0 Å². The highest BCUT2D eigenvalue weighted by Crippen LogP contribution is 2.21. The zero-order valence-corrected chi connectivity index (χ0v) is 9.52. The molecule has 2 atom stereocenters. The van der Waals surface area contributed by atoms with Crippen molar-refractivity contribution in [2.24, 2.45) is 0 Å². The first kappa shape index (κ1) is 10.7. The molecule has 2 aliphatic heterocycles. The van der Waals surface area contributed by atoms with Gasteiger partial charge in [0, 0.05) is 31.3 Å². The summed E-state index contributed by atoms with van der Waals surface area (Å²) in [6.45, 7) is 1.69. The van der Waals surface area contributed by atoms with Crippen LogP contribution in [0.1, 0.15) is 12.8 Å².